The zero-order chi connectivity index (χ0) is 18.5. The SMILES string of the molecule is CCC(C)C(NC(=O)CSc1ccc(C)cc1)c1nc2ccccc2[nH]1. The van der Waals surface area contributed by atoms with E-state index < -0.39 is 0 Å². The summed E-state index contributed by atoms with van der Waals surface area (Å²) in [6, 6.07) is 16.1. The van der Waals surface area contributed by atoms with Gasteiger partial charge in [-0.2, -0.15) is 0 Å². The Labute approximate surface area is 158 Å². The number of carbonyl (C=O) groups is 1. The van der Waals surface area contributed by atoms with Gasteiger partial charge in [0.05, 0.1) is 22.8 Å². The molecule has 136 valence electrons. The van der Waals surface area contributed by atoms with E-state index in [1.54, 1.807) is 11.8 Å². The molecule has 0 bridgehead atoms. The van der Waals surface area contributed by atoms with Crippen LogP contribution in [0.4, 0.5) is 0 Å². The number of benzene rings is 2. The van der Waals surface area contributed by atoms with E-state index in [2.05, 4.69) is 60.3 Å². The predicted octanol–water partition coefficient (Wildman–Crippen LogP) is 4.87. The van der Waals surface area contributed by atoms with Crippen molar-refractivity contribution in [3.05, 3.63) is 59.9 Å². The van der Waals surface area contributed by atoms with Gasteiger partial charge in [-0.25, -0.2) is 4.98 Å². The second-order valence-corrected chi connectivity index (χ2v) is 7.72. The Morgan fingerprint density at radius 3 is 2.62 bits per heavy atom. The second kappa shape index (κ2) is 8.41. The molecule has 2 unspecified atom stereocenters. The lowest BCUT2D eigenvalue weighted by atomic mass is 9.98. The van der Waals surface area contributed by atoms with Gasteiger partial charge in [0, 0.05) is 4.90 Å². The van der Waals surface area contributed by atoms with Crippen LogP contribution in [0.1, 0.15) is 37.7 Å². The van der Waals surface area contributed by atoms with Crippen LogP contribution in [0.15, 0.2) is 53.4 Å². The van der Waals surface area contributed by atoms with Crippen LogP contribution in [0.25, 0.3) is 11.0 Å². The van der Waals surface area contributed by atoms with Gasteiger partial charge in [-0.05, 0) is 37.1 Å². The van der Waals surface area contributed by atoms with Crippen molar-refractivity contribution >= 4 is 28.7 Å². The summed E-state index contributed by atoms with van der Waals surface area (Å²) in [5.41, 5.74) is 3.15. The number of fused-ring (bicyclic) bond motifs is 1. The first kappa shape index (κ1) is 18.5. The number of H-pyrrole nitrogens is 1. The van der Waals surface area contributed by atoms with Gasteiger partial charge < -0.3 is 10.3 Å². The maximum Gasteiger partial charge on any atom is 0.230 e. The van der Waals surface area contributed by atoms with E-state index >= 15 is 0 Å². The minimum absolute atomic E-state index is 0.0290. The van der Waals surface area contributed by atoms with Gasteiger partial charge in [0.15, 0.2) is 0 Å². The quantitative estimate of drug-likeness (QED) is 0.586. The summed E-state index contributed by atoms with van der Waals surface area (Å²) in [6.45, 7) is 6.34. The molecule has 1 heterocycles. The first-order chi connectivity index (χ1) is 12.6. The van der Waals surface area contributed by atoms with Crippen molar-refractivity contribution in [2.24, 2.45) is 5.92 Å². The Balaban J connectivity index is 1.69. The van der Waals surface area contributed by atoms with Crippen LogP contribution in [0.3, 0.4) is 0 Å². The molecule has 0 aliphatic rings. The van der Waals surface area contributed by atoms with Gasteiger partial charge in [-0.1, -0.05) is 50.1 Å². The summed E-state index contributed by atoms with van der Waals surface area (Å²) < 4.78 is 0. The van der Waals surface area contributed by atoms with E-state index in [9.17, 15) is 4.79 Å². The molecule has 1 amide bonds. The molecule has 2 atom stereocenters. The number of para-hydroxylation sites is 2. The lowest BCUT2D eigenvalue weighted by Gasteiger charge is -2.22. The average Bonchev–Trinajstić information content (AvgIpc) is 3.09. The van der Waals surface area contributed by atoms with Crippen molar-refractivity contribution in [3.63, 3.8) is 0 Å². The first-order valence-corrected chi connectivity index (χ1v) is 9.99. The van der Waals surface area contributed by atoms with E-state index in [0.29, 0.717) is 11.7 Å². The Morgan fingerprint density at radius 1 is 1.19 bits per heavy atom. The van der Waals surface area contributed by atoms with Gasteiger partial charge in [0.25, 0.3) is 0 Å². The van der Waals surface area contributed by atoms with Gasteiger partial charge in [-0.3, -0.25) is 4.79 Å². The number of rotatable bonds is 7. The lowest BCUT2D eigenvalue weighted by molar-refractivity contribution is -0.119. The number of aromatic amines is 1. The molecule has 0 saturated carbocycles. The molecule has 0 saturated heterocycles. The maximum atomic E-state index is 12.5. The summed E-state index contributed by atoms with van der Waals surface area (Å²) in [5, 5.41) is 3.17. The van der Waals surface area contributed by atoms with E-state index in [1.165, 1.54) is 5.56 Å². The second-order valence-electron chi connectivity index (χ2n) is 6.67. The summed E-state index contributed by atoms with van der Waals surface area (Å²) in [6.07, 6.45) is 0.965. The molecule has 0 fully saturated rings. The number of aromatic nitrogens is 2. The monoisotopic (exact) mass is 367 g/mol. The molecular formula is C21H25N3OS. The van der Waals surface area contributed by atoms with Gasteiger partial charge >= 0.3 is 0 Å². The Kier molecular flexibility index (Phi) is 5.99. The lowest BCUT2D eigenvalue weighted by Crippen LogP contribution is -2.34. The molecule has 26 heavy (non-hydrogen) atoms. The van der Waals surface area contributed by atoms with Crippen molar-refractivity contribution in [1.82, 2.24) is 15.3 Å². The predicted molar refractivity (Wildman–Crippen MR) is 108 cm³/mol. The molecule has 3 rings (SSSR count). The smallest absolute Gasteiger partial charge is 0.230 e. The number of hydrogen-bond donors (Lipinski definition) is 2. The highest BCUT2D eigenvalue weighted by Crippen LogP contribution is 2.25. The third-order valence-corrected chi connectivity index (χ3v) is 5.63. The summed E-state index contributed by atoms with van der Waals surface area (Å²) in [7, 11) is 0. The van der Waals surface area contributed by atoms with E-state index in [-0.39, 0.29) is 11.9 Å². The number of amides is 1. The van der Waals surface area contributed by atoms with Crippen molar-refractivity contribution in [3.8, 4) is 0 Å². The van der Waals surface area contributed by atoms with Gasteiger partial charge in [0.2, 0.25) is 5.91 Å². The molecule has 0 radical (unpaired) electrons. The van der Waals surface area contributed by atoms with Gasteiger partial charge in [-0.15, -0.1) is 11.8 Å². The minimum Gasteiger partial charge on any atom is -0.345 e. The van der Waals surface area contributed by atoms with Crippen LogP contribution >= 0.6 is 11.8 Å². The van der Waals surface area contributed by atoms with E-state index in [0.717, 1.165) is 28.2 Å². The Bertz CT molecular complexity index is 839. The fourth-order valence-corrected chi connectivity index (χ4v) is 3.54. The summed E-state index contributed by atoms with van der Waals surface area (Å²) in [4.78, 5) is 21.7. The Morgan fingerprint density at radius 2 is 1.92 bits per heavy atom. The standard InChI is InChI=1S/C21H25N3OS/c1-4-15(3)20(21-22-17-7-5-6-8-18(17)23-21)24-19(25)13-26-16-11-9-14(2)10-12-16/h5-12,15,20H,4,13H2,1-3H3,(H,22,23)(H,24,25). The van der Waals surface area contributed by atoms with Crippen LogP contribution in [0.5, 0.6) is 0 Å². The first-order valence-electron chi connectivity index (χ1n) is 9.00. The number of imidazole rings is 1. The van der Waals surface area contributed by atoms with Crippen LogP contribution < -0.4 is 5.32 Å². The molecule has 3 aromatic rings. The largest absolute Gasteiger partial charge is 0.345 e. The number of aryl methyl sites for hydroxylation is 1. The molecule has 1 aromatic heterocycles. The van der Waals surface area contributed by atoms with Crippen molar-refractivity contribution in [2.45, 2.75) is 38.1 Å². The Hall–Kier alpha value is -2.27. The van der Waals surface area contributed by atoms with Crippen LogP contribution in [0.2, 0.25) is 0 Å². The third kappa shape index (κ3) is 4.47. The van der Waals surface area contributed by atoms with Crippen molar-refractivity contribution < 1.29 is 4.79 Å². The summed E-state index contributed by atoms with van der Waals surface area (Å²) in [5.74, 6) is 1.55. The molecule has 2 aromatic carbocycles. The zero-order valence-electron chi connectivity index (χ0n) is 15.5. The molecule has 4 nitrogen and oxygen atoms in total. The van der Waals surface area contributed by atoms with E-state index in [4.69, 9.17) is 0 Å². The molecule has 0 spiro atoms. The van der Waals surface area contributed by atoms with Gasteiger partial charge in [0.1, 0.15) is 5.82 Å². The summed E-state index contributed by atoms with van der Waals surface area (Å²) >= 11 is 1.56. The minimum atomic E-state index is -0.112. The molecule has 2 N–H and O–H groups in total. The number of nitrogens with zero attached hydrogens (tertiary/aromatic N) is 1. The van der Waals surface area contributed by atoms with Crippen LogP contribution in [-0.2, 0) is 4.79 Å². The van der Waals surface area contributed by atoms with Crippen molar-refractivity contribution in [2.75, 3.05) is 5.75 Å². The number of carbonyl (C=O) groups excluding carboxylic acids is 1. The number of thioether (sulfide) groups is 1. The van der Waals surface area contributed by atoms with Crippen molar-refractivity contribution in [1.29, 1.82) is 0 Å². The third-order valence-electron chi connectivity index (χ3n) is 4.62. The fraction of sp³-hybridized carbons (Fsp3) is 0.333. The highest BCUT2D eigenvalue weighted by molar-refractivity contribution is 8.00. The van der Waals surface area contributed by atoms with Crippen LogP contribution in [-0.4, -0.2) is 21.6 Å². The topological polar surface area (TPSA) is 57.8 Å². The maximum absolute atomic E-state index is 12.5. The zero-order valence-corrected chi connectivity index (χ0v) is 16.3. The van der Waals surface area contributed by atoms with Crippen LogP contribution in [0, 0.1) is 12.8 Å². The highest BCUT2D eigenvalue weighted by Gasteiger charge is 2.23. The molecule has 5 heteroatoms. The average molecular weight is 368 g/mol. The highest BCUT2D eigenvalue weighted by atomic mass is 32.2. The number of nitrogens with one attached hydrogen (secondary N) is 2. The molecule has 0 aliphatic heterocycles. The molecule has 0 aliphatic carbocycles. The normalized spacial score (nSPS) is 13.5. The molecular weight excluding hydrogens is 342 g/mol. The fourth-order valence-electron chi connectivity index (χ4n) is 2.83. The van der Waals surface area contributed by atoms with E-state index in [1.807, 2.05) is 24.3 Å². The number of hydrogen-bond acceptors (Lipinski definition) is 3.